The molecular formula is C20H29FO. The third-order valence-electron chi connectivity index (χ3n) is 5.12. The summed E-state index contributed by atoms with van der Waals surface area (Å²) < 4.78 is 20.4. The van der Waals surface area contributed by atoms with E-state index in [2.05, 4.69) is 20.4 Å². The highest BCUT2D eigenvalue weighted by molar-refractivity contribution is 5.57. The van der Waals surface area contributed by atoms with Crippen molar-refractivity contribution in [2.45, 2.75) is 71.3 Å². The Kier molecular flexibility index (Phi) is 6.05. The molecule has 1 aromatic carbocycles. The quantitative estimate of drug-likeness (QED) is 0.596. The molecule has 0 aromatic heterocycles. The Labute approximate surface area is 134 Å². The molecule has 0 amide bonds. The number of rotatable bonds is 6. The molecule has 0 N–H and O–H groups in total. The van der Waals surface area contributed by atoms with E-state index in [0.717, 1.165) is 36.3 Å². The summed E-state index contributed by atoms with van der Waals surface area (Å²) in [4.78, 5) is 0. The molecule has 1 saturated carbocycles. The van der Waals surface area contributed by atoms with E-state index in [0.29, 0.717) is 11.7 Å². The molecule has 2 heteroatoms. The maximum absolute atomic E-state index is 14.6. The van der Waals surface area contributed by atoms with Crippen LogP contribution in [0.4, 0.5) is 4.39 Å². The maximum Gasteiger partial charge on any atom is 0.130 e. The largest absolute Gasteiger partial charge is 0.490 e. The SMILES string of the molecule is C=Cc1cc(C2CCC(CC)CC2)c(F)cc1OC(C)CC. The van der Waals surface area contributed by atoms with E-state index in [1.54, 1.807) is 12.1 Å². The molecule has 0 aliphatic heterocycles. The minimum absolute atomic E-state index is 0.0870. The van der Waals surface area contributed by atoms with Gasteiger partial charge in [-0.2, -0.15) is 0 Å². The van der Waals surface area contributed by atoms with Crippen molar-refractivity contribution < 1.29 is 9.13 Å². The number of hydrogen-bond acceptors (Lipinski definition) is 1. The van der Waals surface area contributed by atoms with Crippen LogP contribution >= 0.6 is 0 Å². The zero-order valence-electron chi connectivity index (χ0n) is 14.2. The Bertz CT molecular complexity index is 501. The first-order chi connectivity index (χ1) is 10.6. The first kappa shape index (κ1) is 17.1. The van der Waals surface area contributed by atoms with Crippen LogP contribution in [0.2, 0.25) is 0 Å². The highest BCUT2D eigenvalue weighted by atomic mass is 19.1. The topological polar surface area (TPSA) is 9.23 Å². The van der Waals surface area contributed by atoms with Crippen LogP contribution in [0.1, 0.15) is 76.3 Å². The molecule has 1 nitrogen and oxygen atoms in total. The van der Waals surface area contributed by atoms with Crippen LogP contribution in [0.3, 0.4) is 0 Å². The Morgan fingerprint density at radius 1 is 1.27 bits per heavy atom. The lowest BCUT2D eigenvalue weighted by atomic mass is 9.77. The second-order valence-corrected chi connectivity index (χ2v) is 6.58. The molecule has 0 saturated heterocycles. The second kappa shape index (κ2) is 7.80. The van der Waals surface area contributed by atoms with Gasteiger partial charge in [-0.25, -0.2) is 4.39 Å². The molecule has 0 bridgehead atoms. The van der Waals surface area contributed by atoms with Crippen LogP contribution in [0, 0.1) is 11.7 Å². The summed E-state index contributed by atoms with van der Waals surface area (Å²) in [7, 11) is 0. The van der Waals surface area contributed by atoms with Crippen molar-refractivity contribution in [1.82, 2.24) is 0 Å². The zero-order chi connectivity index (χ0) is 16.1. The van der Waals surface area contributed by atoms with Gasteiger partial charge in [0, 0.05) is 11.6 Å². The summed E-state index contributed by atoms with van der Waals surface area (Å²) in [5, 5.41) is 0. The van der Waals surface area contributed by atoms with Crippen molar-refractivity contribution in [3.05, 3.63) is 35.7 Å². The molecular weight excluding hydrogens is 275 g/mol. The first-order valence-electron chi connectivity index (χ1n) is 8.71. The third-order valence-corrected chi connectivity index (χ3v) is 5.12. The Morgan fingerprint density at radius 2 is 1.95 bits per heavy atom. The van der Waals surface area contributed by atoms with E-state index < -0.39 is 0 Å². The minimum Gasteiger partial charge on any atom is -0.490 e. The highest BCUT2D eigenvalue weighted by Gasteiger charge is 2.24. The van der Waals surface area contributed by atoms with Crippen molar-refractivity contribution in [1.29, 1.82) is 0 Å². The molecule has 1 aliphatic rings. The fourth-order valence-electron chi connectivity index (χ4n) is 3.35. The number of ether oxygens (including phenoxy) is 1. The van der Waals surface area contributed by atoms with Crippen molar-refractivity contribution in [2.75, 3.05) is 0 Å². The van der Waals surface area contributed by atoms with Crippen molar-refractivity contribution in [3.63, 3.8) is 0 Å². The molecule has 0 spiro atoms. The predicted octanol–water partition coefficient (Wildman–Crippen LogP) is 6.33. The standard InChI is InChI=1S/C20H29FO/c1-5-14(4)22-20-13-19(21)18(12-16(20)7-3)17-10-8-15(6-2)9-11-17/h7,12-15,17H,3,5-6,8-11H2,1-2,4H3. The molecule has 122 valence electrons. The van der Waals surface area contributed by atoms with E-state index in [4.69, 9.17) is 4.74 Å². The summed E-state index contributed by atoms with van der Waals surface area (Å²) >= 11 is 0. The number of benzene rings is 1. The zero-order valence-corrected chi connectivity index (χ0v) is 14.2. The summed E-state index contributed by atoms with van der Waals surface area (Å²) in [6.45, 7) is 10.2. The summed E-state index contributed by atoms with van der Waals surface area (Å²) in [5.74, 6) is 1.67. The van der Waals surface area contributed by atoms with E-state index in [9.17, 15) is 4.39 Å². The Morgan fingerprint density at radius 3 is 2.50 bits per heavy atom. The monoisotopic (exact) mass is 304 g/mol. The van der Waals surface area contributed by atoms with Crippen LogP contribution in [-0.4, -0.2) is 6.10 Å². The normalized spacial score (nSPS) is 23.1. The third kappa shape index (κ3) is 3.91. The molecule has 0 heterocycles. The molecule has 1 unspecified atom stereocenters. The summed E-state index contributed by atoms with van der Waals surface area (Å²) in [6, 6.07) is 3.52. The number of halogens is 1. The Balaban J connectivity index is 2.21. The summed E-state index contributed by atoms with van der Waals surface area (Å²) in [6.07, 6.45) is 8.64. The molecule has 1 aliphatic carbocycles. The van der Waals surface area contributed by atoms with Crippen LogP contribution in [-0.2, 0) is 0 Å². The minimum atomic E-state index is -0.121. The van der Waals surface area contributed by atoms with Crippen molar-refractivity contribution in [3.8, 4) is 5.75 Å². The highest BCUT2D eigenvalue weighted by Crippen LogP contribution is 2.39. The van der Waals surface area contributed by atoms with Crippen LogP contribution in [0.15, 0.2) is 18.7 Å². The second-order valence-electron chi connectivity index (χ2n) is 6.58. The fourth-order valence-corrected chi connectivity index (χ4v) is 3.35. The predicted molar refractivity (Wildman–Crippen MR) is 91.9 cm³/mol. The number of hydrogen-bond donors (Lipinski definition) is 0. The molecule has 1 atom stereocenters. The van der Waals surface area contributed by atoms with E-state index in [-0.39, 0.29) is 11.9 Å². The van der Waals surface area contributed by atoms with Gasteiger partial charge in [0.2, 0.25) is 0 Å². The van der Waals surface area contributed by atoms with Gasteiger partial charge in [0.25, 0.3) is 0 Å². The van der Waals surface area contributed by atoms with Crippen LogP contribution in [0.25, 0.3) is 6.08 Å². The van der Waals surface area contributed by atoms with Crippen LogP contribution in [0.5, 0.6) is 5.75 Å². The lowest BCUT2D eigenvalue weighted by Crippen LogP contribution is -2.15. The smallest absolute Gasteiger partial charge is 0.130 e. The van der Waals surface area contributed by atoms with Crippen LogP contribution < -0.4 is 4.74 Å². The first-order valence-corrected chi connectivity index (χ1v) is 8.71. The van der Waals surface area contributed by atoms with Gasteiger partial charge in [0.15, 0.2) is 0 Å². The van der Waals surface area contributed by atoms with Gasteiger partial charge >= 0.3 is 0 Å². The molecule has 1 aromatic rings. The molecule has 0 radical (unpaired) electrons. The molecule has 22 heavy (non-hydrogen) atoms. The molecule has 2 rings (SSSR count). The van der Waals surface area contributed by atoms with Crippen molar-refractivity contribution in [2.24, 2.45) is 5.92 Å². The molecule has 1 fully saturated rings. The lowest BCUT2D eigenvalue weighted by Gasteiger charge is -2.29. The Hall–Kier alpha value is -1.31. The average molecular weight is 304 g/mol. The maximum atomic E-state index is 14.6. The van der Waals surface area contributed by atoms with Gasteiger partial charge in [-0.3, -0.25) is 0 Å². The van der Waals surface area contributed by atoms with Crippen molar-refractivity contribution >= 4 is 6.08 Å². The van der Waals surface area contributed by atoms with Gasteiger partial charge in [0.1, 0.15) is 11.6 Å². The fraction of sp³-hybridized carbons (Fsp3) is 0.600. The average Bonchev–Trinajstić information content (AvgIpc) is 2.55. The van der Waals surface area contributed by atoms with Gasteiger partial charge < -0.3 is 4.74 Å². The lowest BCUT2D eigenvalue weighted by molar-refractivity contribution is 0.216. The van der Waals surface area contributed by atoms with Gasteiger partial charge in [-0.1, -0.05) is 32.9 Å². The van der Waals surface area contributed by atoms with Gasteiger partial charge in [-0.15, -0.1) is 0 Å². The van der Waals surface area contributed by atoms with Gasteiger partial charge in [-0.05, 0) is 62.5 Å². The van der Waals surface area contributed by atoms with E-state index in [1.807, 2.05) is 13.0 Å². The summed E-state index contributed by atoms with van der Waals surface area (Å²) in [5.41, 5.74) is 1.76. The van der Waals surface area contributed by atoms with Gasteiger partial charge in [0.05, 0.1) is 6.10 Å². The van der Waals surface area contributed by atoms with E-state index in [1.165, 1.54) is 19.3 Å². The van der Waals surface area contributed by atoms with E-state index >= 15 is 0 Å².